The van der Waals surface area contributed by atoms with Crippen LogP contribution in [0.15, 0.2) is 48.8 Å². The van der Waals surface area contributed by atoms with Gasteiger partial charge in [0, 0.05) is 23.0 Å². The number of nitrogens with zero attached hydrogens (tertiary/aromatic N) is 2. The summed E-state index contributed by atoms with van der Waals surface area (Å²) in [6.45, 7) is 0. The molecule has 2 N–H and O–H groups in total. The Bertz CT molecular complexity index is 771. The molecule has 0 spiro atoms. The summed E-state index contributed by atoms with van der Waals surface area (Å²) in [6, 6.07) is 9.15. The van der Waals surface area contributed by atoms with Crippen LogP contribution in [0, 0.1) is 5.82 Å². The summed E-state index contributed by atoms with van der Waals surface area (Å²) >= 11 is 6.11. The van der Waals surface area contributed by atoms with Crippen LogP contribution in [0.25, 0.3) is 11.0 Å². The fraction of sp³-hybridized carbons (Fsp3) is 0.0667. The van der Waals surface area contributed by atoms with E-state index >= 15 is 0 Å². The van der Waals surface area contributed by atoms with Gasteiger partial charge in [-0.25, -0.2) is 4.39 Å². The molecule has 0 bridgehead atoms. The monoisotopic (exact) mass is 287 g/mol. The van der Waals surface area contributed by atoms with E-state index in [0.717, 1.165) is 11.1 Å². The third-order valence-electron chi connectivity index (χ3n) is 3.16. The maximum atomic E-state index is 13.4. The van der Waals surface area contributed by atoms with Crippen molar-refractivity contribution in [3.05, 3.63) is 70.8 Å². The van der Waals surface area contributed by atoms with E-state index in [0.29, 0.717) is 16.1 Å². The first-order valence-electron chi connectivity index (χ1n) is 6.07. The Morgan fingerprint density at radius 1 is 1.05 bits per heavy atom. The van der Waals surface area contributed by atoms with Gasteiger partial charge >= 0.3 is 0 Å². The van der Waals surface area contributed by atoms with Crippen molar-refractivity contribution in [3.8, 4) is 0 Å². The lowest BCUT2D eigenvalue weighted by Crippen LogP contribution is -2.13. The average molecular weight is 288 g/mol. The topological polar surface area (TPSA) is 51.8 Å². The van der Waals surface area contributed by atoms with Crippen molar-refractivity contribution in [2.24, 2.45) is 5.73 Å². The van der Waals surface area contributed by atoms with Gasteiger partial charge in [-0.05, 0) is 29.8 Å². The maximum Gasteiger partial charge on any atom is 0.123 e. The molecule has 1 unspecified atom stereocenters. The van der Waals surface area contributed by atoms with Crippen LogP contribution in [0.3, 0.4) is 0 Å². The molecule has 0 aliphatic rings. The van der Waals surface area contributed by atoms with Crippen molar-refractivity contribution >= 4 is 22.6 Å². The Labute approximate surface area is 120 Å². The fourth-order valence-corrected chi connectivity index (χ4v) is 2.42. The lowest BCUT2D eigenvalue weighted by Gasteiger charge is -2.15. The summed E-state index contributed by atoms with van der Waals surface area (Å²) in [6.07, 6.45) is 3.22. The highest BCUT2D eigenvalue weighted by atomic mass is 35.5. The number of hydrogen-bond acceptors (Lipinski definition) is 3. The maximum absolute atomic E-state index is 13.4. The highest BCUT2D eigenvalue weighted by Crippen LogP contribution is 2.30. The molecular formula is C15H11ClFN3. The molecule has 0 amide bonds. The number of fused-ring (bicyclic) bond motifs is 1. The first-order valence-corrected chi connectivity index (χ1v) is 6.45. The van der Waals surface area contributed by atoms with Gasteiger partial charge in [0.05, 0.1) is 17.1 Å². The highest BCUT2D eigenvalue weighted by Gasteiger charge is 2.16. The first-order chi connectivity index (χ1) is 9.66. The molecule has 3 rings (SSSR count). The number of rotatable bonds is 2. The largest absolute Gasteiger partial charge is 0.320 e. The Balaban J connectivity index is 2.17. The normalized spacial score (nSPS) is 12.6. The summed E-state index contributed by atoms with van der Waals surface area (Å²) in [7, 11) is 0. The summed E-state index contributed by atoms with van der Waals surface area (Å²) in [5, 5.41) is 0.430. The molecular weight excluding hydrogens is 277 g/mol. The third kappa shape index (κ3) is 2.24. The van der Waals surface area contributed by atoms with Crippen molar-refractivity contribution < 1.29 is 4.39 Å². The number of aromatic nitrogens is 2. The van der Waals surface area contributed by atoms with Gasteiger partial charge in [-0.15, -0.1) is 0 Å². The van der Waals surface area contributed by atoms with Crippen LogP contribution in [-0.2, 0) is 0 Å². The minimum Gasteiger partial charge on any atom is -0.320 e. The van der Waals surface area contributed by atoms with Gasteiger partial charge in [0.25, 0.3) is 0 Å². The summed E-state index contributed by atoms with van der Waals surface area (Å²) < 4.78 is 13.4. The van der Waals surface area contributed by atoms with Gasteiger partial charge in [-0.1, -0.05) is 23.7 Å². The smallest absolute Gasteiger partial charge is 0.123 e. The number of nitrogens with two attached hydrogens (primary N) is 1. The van der Waals surface area contributed by atoms with Gasteiger partial charge < -0.3 is 5.73 Å². The van der Waals surface area contributed by atoms with Gasteiger partial charge in [0.2, 0.25) is 0 Å². The molecule has 0 saturated heterocycles. The molecule has 5 heteroatoms. The van der Waals surface area contributed by atoms with Crippen LogP contribution in [0.5, 0.6) is 0 Å². The fourth-order valence-electron chi connectivity index (χ4n) is 2.19. The molecule has 3 nitrogen and oxygen atoms in total. The lowest BCUT2D eigenvalue weighted by molar-refractivity contribution is 0.623. The van der Waals surface area contributed by atoms with Gasteiger partial charge in [0.1, 0.15) is 5.82 Å². The van der Waals surface area contributed by atoms with E-state index in [1.807, 2.05) is 18.2 Å². The third-order valence-corrected chi connectivity index (χ3v) is 3.50. The van der Waals surface area contributed by atoms with Gasteiger partial charge in [0.15, 0.2) is 0 Å². The minimum absolute atomic E-state index is 0.369. The number of benzene rings is 2. The SMILES string of the molecule is NC(c1cc(F)ccc1Cl)c1cccc2nccnc12. The molecule has 3 aromatic rings. The van der Waals surface area contributed by atoms with E-state index in [1.54, 1.807) is 12.4 Å². The summed E-state index contributed by atoms with van der Waals surface area (Å²) in [4.78, 5) is 8.53. The second-order valence-corrected chi connectivity index (χ2v) is 4.82. The van der Waals surface area contributed by atoms with Gasteiger partial charge in [-0.2, -0.15) is 0 Å². The van der Waals surface area contributed by atoms with Crippen LogP contribution in [0.1, 0.15) is 17.2 Å². The van der Waals surface area contributed by atoms with Crippen molar-refractivity contribution in [2.45, 2.75) is 6.04 Å². The highest BCUT2D eigenvalue weighted by molar-refractivity contribution is 6.31. The zero-order valence-corrected chi connectivity index (χ0v) is 11.2. The zero-order valence-electron chi connectivity index (χ0n) is 10.4. The van der Waals surface area contributed by atoms with E-state index in [9.17, 15) is 4.39 Å². The molecule has 1 heterocycles. The number of halogens is 2. The molecule has 1 atom stereocenters. The van der Waals surface area contributed by atoms with E-state index in [1.165, 1.54) is 18.2 Å². The van der Waals surface area contributed by atoms with Crippen molar-refractivity contribution in [1.29, 1.82) is 0 Å². The van der Waals surface area contributed by atoms with Crippen LogP contribution in [0.4, 0.5) is 4.39 Å². The minimum atomic E-state index is -0.557. The predicted octanol–water partition coefficient (Wildman–Crippen LogP) is 3.47. The Morgan fingerprint density at radius 2 is 1.85 bits per heavy atom. The van der Waals surface area contributed by atoms with Crippen LogP contribution in [0.2, 0.25) is 5.02 Å². The van der Waals surface area contributed by atoms with Gasteiger partial charge in [-0.3, -0.25) is 9.97 Å². The molecule has 100 valence electrons. The molecule has 2 aromatic carbocycles. The second kappa shape index (κ2) is 5.15. The predicted molar refractivity (Wildman–Crippen MR) is 77.0 cm³/mol. The number of para-hydroxylation sites is 1. The van der Waals surface area contributed by atoms with E-state index in [2.05, 4.69) is 9.97 Å². The standard InChI is InChI=1S/C15H11ClFN3/c16-12-5-4-9(17)8-11(12)14(18)10-2-1-3-13-15(10)20-7-6-19-13/h1-8,14H,18H2. The van der Waals surface area contributed by atoms with Crippen LogP contribution >= 0.6 is 11.6 Å². The number of hydrogen-bond donors (Lipinski definition) is 1. The second-order valence-electron chi connectivity index (χ2n) is 4.41. The molecule has 0 fully saturated rings. The molecule has 0 aliphatic carbocycles. The van der Waals surface area contributed by atoms with E-state index in [-0.39, 0.29) is 5.82 Å². The molecule has 20 heavy (non-hydrogen) atoms. The molecule has 0 saturated carbocycles. The van der Waals surface area contributed by atoms with Crippen molar-refractivity contribution in [3.63, 3.8) is 0 Å². The lowest BCUT2D eigenvalue weighted by atomic mass is 9.98. The zero-order chi connectivity index (χ0) is 14.1. The van der Waals surface area contributed by atoms with Crippen LogP contribution in [-0.4, -0.2) is 9.97 Å². The Kier molecular flexibility index (Phi) is 3.34. The Hall–Kier alpha value is -2.04. The molecule has 0 radical (unpaired) electrons. The molecule has 1 aromatic heterocycles. The van der Waals surface area contributed by atoms with Crippen molar-refractivity contribution in [2.75, 3.05) is 0 Å². The summed E-state index contributed by atoms with van der Waals surface area (Å²) in [5.41, 5.74) is 8.97. The van der Waals surface area contributed by atoms with E-state index in [4.69, 9.17) is 17.3 Å². The molecule has 0 aliphatic heterocycles. The summed E-state index contributed by atoms with van der Waals surface area (Å²) in [5.74, 6) is -0.369. The average Bonchev–Trinajstić information content (AvgIpc) is 2.48. The van der Waals surface area contributed by atoms with E-state index < -0.39 is 6.04 Å². The van der Waals surface area contributed by atoms with Crippen molar-refractivity contribution in [1.82, 2.24) is 9.97 Å². The quantitative estimate of drug-likeness (QED) is 0.785. The Morgan fingerprint density at radius 3 is 2.70 bits per heavy atom. The first kappa shape index (κ1) is 13.0. The van der Waals surface area contributed by atoms with Crippen LogP contribution < -0.4 is 5.73 Å².